The highest BCUT2D eigenvalue weighted by atomic mass is 32.2. The van der Waals surface area contributed by atoms with E-state index in [4.69, 9.17) is 14.4 Å². The minimum Gasteiger partial charge on any atom is -0.488 e. The van der Waals surface area contributed by atoms with Crippen molar-refractivity contribution >= 4 is 32.4 Å². The Bertz CT molecular complexity index is 1460. The molecular formula is C24H23N3O5S. The van der Waals surface area contributed by atoms with Crippen molar-refractivity contribution in [3.05, 3.63) is 82.7 Å². The molecule has 0 aliphatic rings. The second kappa shape index (κ2) is 8.68. The quantitative estimate of drug-likeness (QED) is 0.439. The number of fused-ring (bicyclic) bond motifs is 1. The number of aryl methyl sites for hydroxylation is 3. The average Bonchev–Trinajstić information content (AvgIpc) is 3.09. The molecule has 0 atom stereocenters. The second-order valence-electron chi connectivity index (χ2n) is 7.77. The van der Waals surface area contributed by atoms with Crippen LogP contribution in [0.4, 0.5) is 5.69 Å². The van der Waals surface area contributed by atoms with E-state index in [1.54, 1.807) is 38.1 Å². The van der Waals surface area contributed by atoms with Crippen LogP contribution < -0.4 is 15.2 Å². The average molecular weight is 466 g/mol. The van der Waals surface area contributed by atoms with E-state index in [-0.39, 0.29) is 11.5 Å². The van der Waals surface area contributed by atoms with Crippen LogP contribution in [0.1, 0.15) is 32.9 Å². The Morgan fingerprint density at radius 3 is 2.39 bits per heavy atom. The summed E-state index contributed by atoms with van der Waals surface area (Å²) >= 11 is 0. The third-order valence-electron chi connectivity index (χ3n) is 5.40. The van der Waals surface area contributed by atoms with Gasteiger partial charge < -0.3 is 14.6 Å². The molecule has 0 saturated heterocycles. The summed E-state index contributed by atoms with van der Waals surface area (Å²) in [6, 6.07) is 15.7. The van der Waals surface area contributed by atoms with Crippen LogP contribution >= 0.6 is 0 Å². The van der Waals surface area contributed by atoms with E-state index in [2.05, 4.69) is 10.5 Å². The molecule has 1 heterocycles. The maximum atomic E-state index is 13.2. The maximum Gasteiger partial charge on any atom is 0.259 e. The number of hydrogen-bond donors (Lipinski definition) is 2. The molecule has 0 radical (unpaired) electrons. The molecule has 170 valence electrons. The number of carbonyl (C=O) groups is 1. The fourth-order valence-electron chi connectivity index (χ4n) is 3.56. The molecule has 0 saturated carbocycles. The molecule has 4 aromatic rings. The van der Waals surface area contributed by atoms with Crippen molar-refractivity contribution in [3.8, 4) is 5.75 Å². The van der Waals surface area contributed by atoms with Crippen LogP contribution in [0, 0.1) is 20.8 Å². The summed E-state index contributed by atoms with van der Waals surface area (Å²) in [4.78, 5) is 13.2. The normalized spacial score (nSPS) is 11.5. The highest BCUT2D eigenvalue weighted by Crippen LogP contribution is 2.29. The molecular weight excluding hydrogens is 442 g/mol. The summed E-state index contributed by atoms with van der Waals surface area (Å²) in [6.07, 6.45) is 0. The number of benzene rings is 3. The van der Waals surface area contributed by atoms with E-state index in [0.717, 1.165) is 22.0 Å². The summed E-state index contributed by atoms with van der Waals surface area (Å²) in [5, 5.41) is 13.7. The van der Waals surface area contributed by atoms with Crippen molar-refractivity contribution in [2.24, 2.45) is 5.14 Å². The first kappa shape index (κ1) is 22.5. The molecule has 8 nitrogen and oxygen atoms in total. The maximum absolute atomic E-state index is 13.2. The first-order valence-corrected chi connectivity index (χ1v) is 11.7. The van der Waals surface area contributed by atoms with Crippen LogP contribution in [0.15, 0.2) is 64.0 Å². The number of anilines is 1. The van der Waals surface area contributed by atoms with Gasteiger partial charge in [0.25, 0.3) is 5.91 Å². The van der Waals surface area contributed by atoms with Gasteiger partial charge in [-0.15, -0.1) is 0 Å². The molecule has 33 heavy (non-hydrogen) atoms. The number of sulfonamides is 1. The van der Waals surface area contributed by atoms with Crippen LogP contribution in [-0.4, -0.2) is 19.5 Å². The number of hydrogen-bond acceptors (Lipinski definition) is 6. The number of carbonyl (C=O) groups excluding carboxylic acids is 1. The molecule has 1 aromatic heterocycles. The topological polar surface area (TPSA) is 125 Å². The Balaban J connectivity index is 1.70. The van der Waals surface area contributed by atoms with Gasteiger partial charge >= 0.3 is 0 Å². The predicted molar refractivity (Wildman–Crippen MR) is 125 cm³/mol. The van der Waals surface area contributed by atoms with Gasteiger partial charge in [0.2, 0.25) is 10.0 Å². The highest BCUT2D eigenvalue weighted by molar-refractivity contribution is 7.89. The smallest absolute Gasteiger partial charge is 0.259 e. The fraction of sp³-hybridized carbons (Fsp3) is 0.167. The van der Waals surface area contributed by atoms with Gasteiger partial charge in [-0.3, -0.25) is 4.79 Å². The molecule has 1 amide bonds. The molecule has 9 heteroatoms. The van der Waals surface area contributed by atoms with Crippen LogP contribution in [-0.2, 0) is 16.6 Å². The molecule has 3 N–H and O–H groups in total. The number of amides is 1. The summed E-state index contributed by atoms with van der Waals surface area (Å²) in [6.45, 7) is 5.44. The first-order chi connectivity index (χ1) is 15.6. The Morgan fingerprint density at radius 2 is 1.76 bits per heavy atom. The Morgan fingerprint density at radius 1 is 1.06 bits per heavy atom. The Labute approximate surface area is 191 Å². The lowest BCUT2D eigenvalue weighted by Crippen LogP contribution is -2.16. The van der Waals surface area contributed by atoms with Crippen LogP contribution in [0.2, 0.25) is 0 Å². The van der Waals surface area contributed by atoms with Gasteiger partial charge in [-0.2, -0.15) is 0 Å². The number of nitrogens with two attached hydrogens (primary N) is 1. The first-order valence-electron chi connectivity index (χ1n) is 10.2. The lowest BCUT2D eigenvalue weighted by atomic mass is 10.0. The zero-order valence-corrected chi connectivity index (χ0v) is 19.2. The van der Waals surface area contributed by atoms with Gasteiger partial charge in [0, 0.05) is 5.69 Å². The van der Waals surface area contributed by atoms with E-state index in [1.165, 1.54) is 6.07 Å². The van der Waals surface area contributed by atoms with Crippen LogP contribution in [0.25, 0.3) is 10.8 Å². The fourth-order valence-corrected chi connectivity index (χ4v) is 4.36. The monoisotopic (exact) mass is 465 g/mol. The number of nitrogens with zero attached hydrogens (tertiary/aromatic N) is 1. The van der Waals surface area contributed by atoms with E-state index >= 15 is 0 Å². The number of rotatable bonds is 6. The third kappa shape index (κ3) is 4.74. The van der Waals surface area contributed by atoms with Crippen molar-refractivity contribution in [3.63, 3.8) is 0 Å². The zero-order valence-electron chi connectivity index (χ0n) is 18.4. The standard InChI is InChI=1S/C24H23N3O5S/c1-14-8-9-19(12-23(14)33(25,29)30)26-24(28)20-10-17-6-4-5-7-18(17)11-22(20)31-13-21-15(2)27-32-16(21)3/h4-12H,13H2,1-3H3,(H,26,28)(H2,25,29,30). The molecule has 3 aromatic carbocycles. The number of ether oxygens (including phenoxy) is 1. The summed E-state index contributed by atoms with van der Waals surface area (Å²) < 4.78 is 34.9. The number of aromatic nitrogens is 1. The molecule has 0 spiro atoms. The van der Waals surface area contributed by atoms with Crippen LogP contribution in [0.3, 0.4) is 0 Å². The predicted octanol–water partition coefficient (Wildman–Crippen LogP) is 4.23. The Hall–Kier alpha value is -3.69. The summed E-state index contributed by atoms with van der Waals surface area (Å²) in [5.41, 5.74) is 2.63. The number of primary sulfonamides is 1. The second-order valence-corrected chi connectivity index (χ2v) is 9.30. The van der Waals surface area contributed by atoms with E-state index in [9.17, 15) is 13.2 Å². The van der Waals surface area contributed by atoms with Crippen molar-refractivity contribution in [2.45, 2.75) is 32.3 Å². The third-order valence-corrected chi connectivity index (χ3v) is 6.45. The van der Waals surface area contributed by atoms with Gasteiger partial charge in [-0.25, -0.2) is 13.6 Å². The molecule has 0 unspecified atom stereocenters. The molecule has 0 bridgehead atoms. The lowest BCUT2D eigenvalue weighted by molar-refractivity contribution is 0.102. The minimum absolute atomic E-state index is 0.0475. The van der Waals surface area contributed by atoms with Gasteiger partial charge in [0.05, 0.1) is 21.7 Å². The SMILES string of the molecule is Cc1ccc(NC(=O)c2cc3ccccc3cc2OCc2c(C)noc2C)cc1S(N)(=O)=O. The van der Waals surface area contributed by atoms with Crippen LogP contribution in [0.5, 0.6) is 5.75 Å². The van der Waals surface area contributed by atoms with E-state index in [0.29, 0.717) is 28.3 Å². The van der Waals surface area contributed by atoms with Crippen molar-refractivity contribution < 1.29 is 22.5 Å². The minimum atomic E-state index is -3.93. The van der Waals surface area contributed by atoms with Crippen molar-refractivity contribution in [1.29, 1.82) is 0 Å². The van der Waals surface area contributed by atoms with Crippen molar-refractivity contribution in [1.82, 2.24) is 5.16 Å². The van der Waals surface area contributed by atoms with Gasteiger partial charge in [-0.05, 0) is 61.4 Å². The lowest BCUT2D eigenvalue weighted by Gasteiger charge is -2.14. The van der Waals surface area contributed by atoms with Gasteiger partial charge in [0.15, 0.2) is 0 Å². The molecule has 0 fully saturated rings. The van der Waals surface area contributed by atoms with Gasteiger partial charge in [0.1, 0.15) is 18.1 Å². The zero-order chi connectivity index (χ0) is 23.8. The van der Waals surface area contributed by atoms with E-state index in [1.807, 2.05) is 31.2 Å². The summed E-state index contributed by atoms with van der Waals surface area (Å²) in [7, 11) is -3.93. The Kier molecular flexibility index (Phi) is 5.92. The van der Waals surface area contributed by atoms with Crippen molar-refractivity contribution in [2.75, 3.05) is 5.32 Å². The molecule has 4 rings (SSSR count). The summed E-state index contributed by atoms with van der Waals surface area (Å²) in [5.74, 6) is 0.582. The highest BCUT2D eigenvalue weighted by Gasteiger charge is 2.18. The largest absolute Gasteiger partial charge is 0.488 e. The molecule has 0 aliphatic carbocycles. The van der Waals surface area contributed by atoms with Gasteiger partial charge in [-0.1, -0.05) is 35.5 Å². The molecule has 0 aliphatic heterocycles. The van der Waals surface area contributed by atoms with E-state index < -0.39 is 15.9 Å². The number of nitrogens with one attached hydrogen (secondary N) is 1.